The Morgan fingerprint density at radius 3 is 2.55 bits per heavy atom. The number of anilines is 2. The van der Waals surface area contributed by atoms with Crippen molar-refractivity contribution in [3.63, 3.8) is 0 Å². The number of carbonyl (C=O) groups is 2. The highest BCUT2D eigenvalue weighted by Gasteiger charge is 2.26. The third kappa shape index (κ3) is 4.73. The number of benzene rings is 1. The number of carbonyl (C=O) groups excluding carboxylic acids is 2. The molecular weight excluding hydrogens is 306 g/mol. The van der Waals surface area contributed by atoms with E-state index in [1.54, 1.807) is 18.2 Å². The van der Waals surface area contributed by atoms with Crippen molar-refractivity contribution in [3.8, 4) is 0 Å². The quantitative estimate of drug-likeness (QED) is 0.804. The fraction of sp³-hybridized carbons (Fsp3) is 0.429. The maximum atomic E-state index is 12.0. The van der Waals surface area contributed by atoms with Gasteiger partial charge in [0.2, 0.25) is 21.8 Å². The molecule has 0 atom stereocenters. The largest absolute Gasteiger partial charge is 0.352 e. The SMILES string of the molecule is CC(=O)Nc1cccc(N(CC(=O)NC2CC2)S(C)(=O)=O)c1. The summed E-state index contributed by atoms with van der Waals surface area (Å²) in [6.07, 6.45) is 2.91. The fourth-order valence-electron chi connectivity index (χ4n) is 1.97. The fourth-order valence-corrected chi connectivity index (χ4v) is 2.82. The number of nitrogens with zero attached hydrogens (tertiary/aromatic N) is 1. The van der Waals surface area contributed by atoms with Crippen LogP contribution < -0.4 is 14.9 Å². The minimum atomic E-state index is -3.61. The summed E-state index contributed by atoms with van der Waals surface area (Å²) in [5.41, 5.74) is 0.806. The van der Waals surface area contributed by atoms with E-state index in [2.05, 4.69) is 10.6 Å². The van der Waals surface area contributed by atoms with Gasteiger partial charge in [-0.2, -0.15) is 0 Å². The zero-order chi connectivity index (χ0) is 16.3. The van der Waals surface area contributed by atoms with E-state index in [0.29, 0.717) is 11.4 Å². The Labute approximate surface area is 129 Å². The molecule has 1 aromatic rings. The molecule has 7 nitrogen and oxygen atoms in total. The summed E-state index contributed by atoms with van der Waals surface area (Å²) in [6, 6.07) is 6.54. The molecule has 1 aliphatic carbocycles. The number of amides is 2. The van der Waals surface area contributed by atoms with Gasteiger partial charge in [-0.1, -0.05) is 6.07 Å². The van der Waals surface area contributed by atoms with E-state index in [-0.39, 0.29) is 24.4 Å². The van der Waals surface area contributed by atoms with Crippen LogP contribution in [-0.2, 0) is 19.6 Å². The van der Waals surface area contributed by atoms with E-state index in [4.69, 9.17) is 0 Å². The lowest BCUT2D eigenvalue weighted by Crippen LogP contribution is -2.41. The molecule has 1 aromatic carbocycles. The summed E-state index contributed by atoms with van der Waals surface area (Å²) >= 11 is 0. The van der Waals surface area contributed by atoms with E-state index < -0.39 is 10.0 Å². The van der Waals surface area contributed by atoms with Gasteiger partial charge in [0.05, 0.1) is 11.9 Å². The van der Waals surface area contributed by atoms with E-state index in [9.17, 15) is 18.0 Å². The Balaban J connectivity index is 2.21. The molecule has 2 N–H and O–H groups in total. The Kier molecular flexibility index (Phi) is 4.70. The van der Waals surface area contributed by atoms with Gasteiger partial charge in [0.15, 0.2) is 0 Å². The average Bonchev–Trinajstić information content (AvgIpc) is 3.18. The van der Waals surface area contributed by atoms with Crippen molar-refractivity contribution in [3.05, 3.63) is 24.3 Å². The van der Waals surface area contributed by atoms with Crippen LogP contribution in [0.1, 0.15) is 19.8 Å². The maximum absolute atomic E-state index is 12.0. The first-order valence-corrected chi connectivity index (χ1v) is 8.75. The van der Waals surface area contributed by atoms with Crippen LogP contribution in [0.15, 0.2) is 24.3 Å². The predicted octanol–water partition coefficient (Wildman–Crippen LogP) is 0.690. The molecule has 0 saturated heterocycles. The van der Waals surface area contributed by atoms with Gasteiger partial charge >= 0.3 is 0 Å². The van der Waals surface area contributed by atoms with Crippen molar-refractivity contribution >= 4 is 33.2 Å². The second-order valence-electron chi connectivity index (χ2n) is 5.34. The lowest BCUT2D eigenvalue weighted by Gasteiger charge is -2.22. The summed E-state index contributed by atoms with van der Waals surface area (Å²) < 4.78 is 24.9. The number of hydrogen-bond acceptors (Lipinski definition) is 4. The summed E-state index contributed by atoms with van der Waals surface area (Å²) in [4.78, 5) is 23.0. The minimum Gasteiger partial charge on any atom is -0.352 e. The normalized spacial score (nSPS) is 14.3. The van der Waals surface area contributed by atoms with E-state index in [1.165, 1.54) is 13.0 Å². The molecule has 0 aromatic heterocycles. The molecule has 1 saturated carbocycles. The Morgan fingerprint density at radius 2 is 2.00 bits per heavy atom. The summed E-state index contributed by atoms with van der Waals surface area (Å²) in [5, 5.41) is 5.34. The summed E-state index contributed by atoms with van der Waals surface area (Å²) in [7, 11) is -3.61. The molecule has 22 heavy (non-hydrogen) atoms. The van der Waals surface area contributed by atoms with Gasteiger partial charge in [-0.15, -0.1) is 0 Å². The standard InChI is InChI=1S/C14H19N3O4S/c1-10(18)15-12-4-3-5-13(8-12)17(22(2,20)21)9-14(19)16-11-6-7-11/h3-5,8,11H,6-7,9H2,1-2H3,(H,15,18)(H,16,19). The number of hydrogen-bond donors (Lipinski definition) is 2. The van der Waals surface area contributed by atoms with Gasteiger partial charge < -0.3 is 10.6 Å². The molecule has 2 rings (SSSR count). The molecule has 0 aliphatic heterocycles. The molecule has 8 heteroatoms. The van der Waals surface area contributed by atoms with E-state index in [0.717, 1.165) is 23.4 Å². The molecular formula is C14H19N3O4S. The highest BCUT2D eigenvalue weighted by molar-refractivity contribution is 7.92. The minimum absolute atomic E-state index is 0.166. The van der Waals surface area contributed by atoms with Crippen LogP contribution >= 0.6 is 0 Å². The van der Waals surface area contributed by atoms with Crippen molar-refractivity contribution in [2.45, 2.75) is 25.8 Å². The monoisotopic (exact) mass is 325 g/mol. The van der Waals surface area contributed by atoms with E-state index in [1.807, 2.05) is 0 Å². The van der Waals surface area contributed by atoms with Crippen LogP contribution in [0, 0.1) is 0 Å². The Bertz CT molecular complexity index is 683. The van der Waals surface area contributed by atoms with Gasteiger partial charge in [0.1, 0.15) is 6.54 Å². The highest BCUT2D eigenvalue weighted by Crippen LogP contribution is 2.22. The first-order valence-electron chi connectivity index (χ1n) is 6.90. The van der Waals surface area contributed by atoms with Crippen LogP contribution in [0.4, 0.5) is 11.4 Å². The molecule has 1 fully saturated rings. The van der Waals surface area contributed by atoms with Gasteiger partial charge in [-0.25, -0.2) is 8.42 Å². The smallest absolute Gasteiger partial charge is 0.240 e. The van der Waals surface area contributed by atoms with Crippen LogP contribution in [0.25, 0.3) is 0 Å². The lowest BCUT2D eigenvalue weighted by atomic mass is 10.2. The van der Waals surface area contributed by atoms with Crippen molar-refractivity contribution in [2.75, 3.05) is 22.4 Å². The Morgan fingerprint density at radius 1 is 1.32 bits per heavy atom. The van der Waals surface area contributed by atoms with E-state index >= 15 is 0 Å². The first kappa shape index (κ1) is 16.3. The average molecular weight is 325 g/mol. The third-order valence-electron chi connectivity index (χ3n) is 3.08. The molecule has 0 heterocycles. The van der Waals surface area contributed by atoms with Crippen LogP contribution in [-0.4, -0.2) is 39.1 Å². The topological polar surface area (TPSA) is 95.6 Å². The first-order chi connectivity index (χ1) is 10.3. The highest BCUT2D eigenvalue weighted by atomic mass is 32.2. The van der Waals surface area contributed by atoms with Gasteiger partial charge in [0, 0.05) is 18.7 Å². The van der Waals surface area contributed by atoms with Crippen molar-refractivity contribution < 1.29 is 18.0 Å². The third-order valence-corrected chi connectivity index (χ3v) is 4.23. The summed E-state index contributed by atoms with van der Waals surface area (Å²) in [5.74, 6) is -0.590. The van der Waals surface area contributed by atoms with Gasteiger partial charge in [-0.05, 0) is 31.0 Å². The summed E-state index contributed by atoms with van der Waals surface area (Å²) in [6.45, 7) is 1.09. The molecule has 0 radical (unpaired) electrons. The molecule has 0 unspecified atom stereocenters. The molecule has 0 bridgehead atoms. The lowest BCUT2D eigenvalue weighted by molar-refractivity contribution is -0.119. The van der Waals surface area contributed by atoms with Crippen molar-refractivity contribution in [1.29, 1.82) is 0 Å². The predicted molar refractivity (Wildman–Crippen MR) is 84.1 cm³/mol. The van der Waals surface area contributed by atoms with Gasteiger partial charge in [-0.3, -0.25) is 13.9 Å². The van der Waals surface area contributed by atoms with Crippen molar-refractivity contribution in [1.82, 2.24) is 5.32 Å². The van der Waals surface area contributed by atoms with Crippen LogP contribution in [0.5, 0.6) is 0 Å². The van der Waals surface area contributed by atoms with Crippen LogP contribution in [0.3, 0.4) is 0 Å². The molecule has 120 valence electrons. The zero-order valence-corrected chi connectivity index (χ0v) is 13.3. The molecule has 2 amide bonds. The second kappa shape index (κ2) is 6.35. The number of sulfonamides is 1. The molecule has 0 spiro atoms. The number of rotatable bonds is 6. The molecule has 1 aliphatic rings. The Hall–Kier alpha value is -2.09. The second-order valence-corrected chi connectivity index (χ2v) is 7.25. The number of nitrogens with one attached hydrogen (secondary N) is 2. The van der Waals surface area contributed by atoms with Crippen LogP contribution in [0.2, 0.25) is 0 Å². The van der Waals surface area contributed by atoms with Crippen molar-refractivity contribution in [2.24, 2.45) is 0 Å². The van der Waals surface area contributed by atoms with Gasteiger partial charge in [0.25, 0.3) is 0 Å². The maximum Gasteiger partial charge on any atom is 0.240 e. The zero-order valence-electron chi connectivity index (χ0n) is 12.5.